The van der Waals surface area contributed by atoms with E-state index in [9.17, 15) is 4.79 Å². The van der Waals surface area contributed by atoms with Gasteiger partial charge in [0.15, 0.2) is 0 Å². The molecule has 0 aliphatic heterocycles. The number of hydrogen-bond acceptors (Lipinski definition) is 2. The molecule has 0 radical (unpaired) electrons. The number of likely N-dealkylation sites (N-methyl/N-ethyl adjacent to an activating group) is 1. The van der Waals surface area contributed by atoms with Crippen molar-refractivity contribution in [2.75, 3.05) is 26.2 Å². The van der Waals surface area contributed by atoms with Gasteiger partial charge in [-0.05, 0) is 31.0 Å². The molecule has 0 aliphatic rings. The molecule has 0 aromatic heterocycles. The molecule has 100 valence electrons. The lowest BCUT2D eigenvalue weighted by Gasteiger charge is -2.20. The monoisotopic (exact) mass is 314 g/mol. The number of carbonyl (C=O) groups excluding carboxylic acids is 1. The highest BCUT2D eigenvalue weighted by atomic mass is 79.9. The Morgan fingerprint density at radius 3 is 2.61 bits per heavy atom. The lowest BCUT2D eigenvalue weighted by Crippen LogP contribution is -2.42. The topological polar surface area (TPSA) is 52.6 Å². The molecule has 0 heterocycles. The Hall–Kier alpha value is -1.07. The second-order valence-electron chi connectivity index (χ2n) is 3.91. The fraction of sp³-hybridized carbons (Fsp3) is 0.462. The minimum absolute atomic E-state index is 0.00598. The zero-order valence-corrected chi connectivity index (χ0v) is 12.1. The molecule has 1 rings (SSSR count). The van der Waals surface area contributed by atoms with Gasteiger partial charge in [0.1, 0.15) is 0 Å². The number of aliphatic hydroxyl groups is 1. The molecular formula is C13H19BrN2O2. The summed E-state index contributed by atoms with van der Waals surface area (Å²) in [6.45, 7) is 3.46. The second-order valence-corrected chi connectivity index (χ2v) is 4.83. The van der Waals surface area contributed by atoms with Gasteiger partial charge in [0.25, 0.3) is 0 Å². The van der Waals surface area contributed by atoms with Crippen LogP contribution < -0.4 is 5.32 Å². The number of amides is 2. The molecule has 0 fully saturated rings. The Morgan fingerprint density at radius 2 is 2.06 bits per heavy atom. The summed E-state index contributed by atoms with van der Waals surface area (Å²) < 4.78 is 1.05. The van der Waals surface area contributed by atoms with E-state index in [2.05, 4.69) is 21.2 Å². The maximum absolute atomic E-state index is 11.7. The molecule has 0 saturated heterocycles. The van der Waals surface area contributed by atoms with Crippen molar-refractivity contribution in [3.63, 3.8) is 0 Å². The first-order chi connectivity index (χ1) is 8.67. The predicted octanol–water partition coefficient (Wildman–Crippen LogP) is 2.02. The van der Waals surface area contributed by atoms with Crippen LogP contribution in [0.5, 0.6) is 0 Å². The molecule has 4 nitrogen and oxygen atoms in total. The van der Waals surface area contributed by atoms with Crippen LogP contribution >= 0.6 is 15.9 Å². The number of hydrogen-bond donors (Lipinski definition) is 2. The molecule has 0 aliphatic carbocycles. The summed E-state index contributed by atoms with van der Waals surface area (Å²) in [7, 11) is 0. The fourth-order valence-electron chi connectivity index (χ4n) is 1.60. The molecule has 18 heavy (non-hydrogen) atoms. The minimum Gasteiger partial charge on any atom is -0.395 e. The summed E-state index contributed by atoms with van der Waals surface area (Å²) in [4.78, 5) is 13.3. The highest BCUT2D eigenvalue weighted by Crippen LogP contribution is 2.10. The van der Waals surface area contributed by atoms with Gasteiger partial charge in [-0.2, -0.15) is 0 Å². The molecule has 1 aromatic rings. The summed E-state index contributed by atoms with van der Waals surface area (Å²) in [6.07, 6.45) is 0.801. The Labute approximate surface area is 116 Å². The molecule has 1 aromatic carbocycles. The van der Waals surface area contributed by atoms with Crippen LogP contribution in [0.4, 0.5) is 4.79 Å². The third-order valence-corrected chi connectivity index (χ3v) is 3.17. The largest absolute Gasteiger partial charge is 0.395 e. The van der Waals surface area contributed by atoms with E-state index in [1.54, 1.807) is 4.90 Å². The smallest absolute Gasteiger partial charge is 0.317 e. The lowest BCUT2D eigenvalue weighted by molar-refractivity contribution is 0.180. The van der Waals surface area contributed by atoms with Crippen LogP contribution in [0.15, 0.2) is 28.7 Å². The summed E-state index contributed by atoms with van der Waals surface area (Å²) in [5.74, 6) is 0. The molecule has 0 spiro atoms. The highest BCUT2D eigenvalue weighted by Gasteiger charge is 2.09. The van der Waals surface area contributed by atoms with Gasteiger partial charge in [0, 0.05) is 24.1 Å². The second kappa shape index (κ2) is 8.11. The molecule has 0 atom stereocenters. The van der Waals surface area contributed by atoms with Crippen LogP contribution in [0.3, 0.4) is 0 Å². The van der Waals surface area contributed by atoms with Crippen molar-refractivity contribution >= 4 is 22.0 Å². The number of urea groups is 1. The van der Waals surface area contributed by atoms with Gasteiger partial charge in [0.2, 0.25) is 0 Å². The molecule has 2 amide bonds. The van der Waals surface area contributed by atoms with E-state index in [1.165, 1.54) is 5.56 Å². The Kier molecular flexibility index (Phi) is 6.75. The third-order valence-electron chi connectivity index (χ3n) is 2.64. The molecule has 0 bridgehead atoms. The summed E-state index contributed by atoms with van der Waals surface area (Å²) in [5.41, 5.74) is 1.18. The van der Waals surface area contributed by atoms with Crippen molar-refractivity contribution in [1.29, 1.82) is 0 Å². The van der Waals surface area contributed by atoms with Crippen molar-refractivity contribution in [3.05, 3.63) is 34.3 Å². The number of halogens is 1. The maximum Gasteiger partial charge on any atom is 0.317 e. The maximum atomic E-state index is 11.7. The van der Waals surface area contributed by atoms with E-state index >= 15 is 0 Å². The van der Waals surface area contributed by atoms with E-state index < -0.39 is 0 Å². The SMILES string of the molecule is CCN(CCO)C(=O)NCCc1ccc(Br)cc1. The zero-order valence-electron chi connectivity index (χ0n) is 10.5. The van der Waals surface area contributed by atoms with E-state index in [1.807, 2.05) is 31.2 Å². The molecule has 0 saturated carbocycles. The average Bonchev–Trinajstić information content (AvgIpc) is 2.38. The number of carbonyl (C=O) groups is 1. The molecule has 2 N–H and O–H groups in total. The van der Waals surface area contributed by atoms with Crippen molar-refractivity contribution in [1.82, 2.24) is 10.2 Å². The predicted molar refractivity (Wildman–Crippen MR) is 75.6 cm³/mol. The van der Waals surface area contributed by atoms with E-state index in [0.717, 1.165) is 10.9 Å². The van der Waals surface area contributed by atoms with Gasteiger partial charge >= 0.3 is 6.03 Å². The summed E-state index contributed by atoms with van der Waals surface area (Å²) >= 11 is 3.38. The summed E-state index contributed by atoms with van der Waals surface area (Å²) in [6, 6.07) is 7.91. The van der Waals surface area contributed by atoms with E-state index in [-0.39, 0.29) is 12.6 Å². The number of nitrogens with one attached hydrogen (secondary N) is 1. The quantitative estimate of drug-likeness (QED) is 0.844. The van der Waals surface area contributed by atoms with Crippen molar-refractivity contribution < 1.29 is 9.90 Å². The van der Waals surface area contributed by atoms with Gasteiger partial charge in [-0.15, -0.1) is 0 Å². The number of rotatable bonds is 6. The Morgan fingerprint density at radius 1 is 1.39 bits per heavy atom. The fourth-order valence-corrected chi connectivity index (χ4v) is 1.86. The van der Waals surface area contributed by atoms with Crippen LogP contribution in [0.25, 0.3) is 0 Å². The molecular weight excluding hydrogens is 296 g/mol. The molecule has 5 heteroatoms. The van der Waals surface area contributed by atoms with Crippen LogP contribution in [0, 0.1) is 0 Å². The van der Waals surface area contributed by atoms with Crippen LogP contribution in [0.1, 0.15) is 12.5 Å². The first-order valence-corrected chi connectivity index (χ1v) is 6.84. The first kappa shape index (κ1) is 15.0. The van der Waals surface area contributed by atoms with Crippen molar-refractivity contribution in [2.24, 2.45) is 0 Å². The highest BCUT2D eigenvalue weighted by molar-refractivity contribution is 9.10. The normalized spacial score (nSPS) is 10.2. The Bertz CT molecular complexity index is 368. The number of aliphatic hydroxyl groups excluding tert-OH is 1. The molecule has 0 unspecified atom stereocenters. The standard InChI is InChI=1S/C13H19BrN2O2/c1-2-16(9-10-17)13(18)15-8-7-11-3-5-12(14)6-4-11/h3-6,17H,2,7-10H2,1H3,(H,15,18). The minimum atomic E-state index is -0.122. The van der Waals surface area contributed by atoms with Gasteiger partial charge in [-0.1, -0.05) is 28.1 Å². The zero-order chi connectivity index (χ0) is 13.4. The number of nitrogens with zero attached hydrogens (tertiary/aromatic N) is 1. The van der Waals surface area contributed by atoms with Gasteiger partial charge < -0.3 is 15.3 Å². The number of benzene rings is 1. The Balaban J connectivity index is 2.32. The van der Waals surface area contributed by atoms with Gasteiger partial charge in [0.05, 0.1) is 6.61 Å². The van der Waals surface area contributed by atoms with Crippen LogP contribution in [0.2, 0.25) is 0 Å². The van der Waals surface area contributed by atoms with E-state index in [4.69, 9.17) is 5.11 Å². The van der Waals surface area contributed by atoms with Gasteiger partial charge in [-0.3, -0.25) is 0 Å². The van der Waals surface area contributed by atoms with Crippen molar-refractivity contribution in [3.8, 4) is 0 Å². The summed E-state index contributed by atoms with van der Waals surface area (Å²) in [5, 5.41) is 11.7. The average molecular weight is 315 g/mol. The first-order valence-electron chi connectivity index (χ1n) is 6.05. The van der Waals surface area contributed by atoms with Crippen molar-refractivity contribution in [2.45, 2.75) is 13.3 Å². The third kappa shape index (κ3) is 5.06. The van der Waals surface area contributed by atoms with Crippen LogP contribution in [-0.4, -0.2) is 42.3 Å². The van der Waals surface area contributed by atoms with Crippen LogP contribution in [-0.2, 0) is 6.42 Å². The lowest BCUT2D eigenvalue weighted by atomic mass is 10.1. The van der Waals surface area contributed by atoms with Gasteiger partial charge in [-0.25, -0.2) is 4.79 Å². The van der Waals surface area contributed by atoms with E-state index in [0.29, 0.717) is 19.6 Å².